The summed E-state index contributed by atoms with van der Waals surface area (Å²) in [4.78, 5) is 24.9. The van der Waals surface area contributed by atoms with Gasteiger partial charge in [0.25, 0.3) is 11.8 Å². The molecular formula is C23H21BrN2O3. The average molecular weight is 453 g/mol. The van der Waals surface area contributed by atoms with Crippen molar-refractivity contribution in [1.82, 2.24) is 5.32 Å². The van der Waals surface area contributed by atoms with Crippen molar-refractivity contribution in [3.05, 3.63) is 94.5 Å². The van der Waals surface area contributed by atoms with E-state index in [1.165, 1.54) is 0 Å². The zero-order valence-electron chi connectivity index (χ0n) is 15.9. The van der Waals surface area contributed by atoms with Crippen molar-refractivity contribution in [2.24, 2.45) is 0 Å². The Balaban J connectivity index is 1.59. The van der Waals surface area contributed by atoms with Crippen LogP contribution in [0.25, 0.3) is 0 Å². The van der Waals surface area contributed by atoms with Crippen LogP contribution in [0.1, 0.15) is 28.9 Å². The van der Waals surface area contributed by atoms with Crippen molar-refractivity contribution >= 4 is 33.4 Å². The monoisotopic (exact) mass is 452 g/mol. The number of rotatable bonds is 7. The van der Waals surface area contributed by atoms with E-state index in [4.69, 9.17) is 4.74 Å². The average Bonchev–Trinajstić information content (AvgIpc) is 2.73. The molecule has 2 amide bonds. The third-order valence-electron chi connectivity index (χ3n) is 4.27. The van der Waals surface area contributed by atoms with Crippen LogP contribution in [0.5, 0.6) is 5.75 Å². The summed E-state index contributed by atoms with van der Waals surface area (Å²) < 4.78 is 6.61. The summed E-state index contributed by atoms with van der Waals surface area (Å²) in [7, 11) is 0. The third kappa shape index (κ3) is 5.93. The highest BCUT2D eigenvalue weighted by molar-refractivity contribution is 9.10. The maximum absolute atomic E-state index is 12.6. The predicted molar refractivity (Wildman–Crippen MR) is 117 cm³/mol. The molecule has 0 radical (unpaired) electrons. The molecule has 0 aliphatic rings. The second-order valence-electron chi connectivity index (χ2n) is 6.45. The van der Waals surface area contributed by atoms with Gasteiger partial charge < -0.3 is 15.4 Å². The molecule has 6 heteroatoms. The normalized spacial score (nSPS) is 11.4. The van der Waals surface area contributed by atoms with Crippen molar-refractivity contribution in [1.29, 1.82) is 0 Å². The third-order valence-corrected chi connectivity index (χ3v) is 4.80. The molecule has 0 spiro atoms. The number of amides is 2. The molecule has 0 heterocycles. The molecule has 0 fully saturated rings. The van der Waals surface area contributed by atoms with Crippen molar-refractivity contribution < 1.29 is 14.3 Å². The molecule has 0 saturated carbocycles. The second-order valence-corrected chi connectivity index (χ2v) is 7.36. The highest BCUT2D eigenvalue weighted by Gasteiger charge is 2.15. The van der Waals surface area contributed by atoms with Crippen LogP contribution in [0.3, 0.4) is 0 Å². The Bertz CT molecular complexity index is 975. The smallest absolute Gasteiger partial charge is 0.259 e. The van der Waals surface area contributed by atoms with Gasteiger partial charge in [-0.3, -0.25) is 9.59 Å². The molecule has 1 unspecified atom stereocenters. The minimum absolute atomic E-state index is 0.157. The first-order valence-electron chi connectivity index (χ1n) is 9.16. The molecule has 0 saturated heterocycles. The largest absolute Gasteiger partial charge is 0.483 e. The van der Waals surface area contributed by atoms with E-state index in [9.17, 15) is 9.59 Å². The van der Waals surface area contributed by atoms with Crippen LogP contribution in [-0.4, -0.2) is 18.4 Å². The van der Waals surface area contributed by atoms with Gasteiger partial charge in [0, 0.05) is 10.2 Å². The van der Waals surface area contributed by atoms with E-state index in [2.05, 4.69) is 26.6 Å². The first-order valence-corrected chi connectivity index (χ1v) is 9.95. The molecule has 3 aromatic rings. The molecule has 1 atom stereocenters. The number of para-hydroxylation sites is 2. The summed E-state index contributed by atoms with van der Waals surface area (Å²) >= 11 is 3.40. The van der Waals surface area contributed by atoms with E-state index in [0.29, 0.717) is 17.0 Å². The lowest BCUT2D eigenvalue weighted by molar-refractivity contribution is -0.123. The summed E-state index contributed by atoms with van der Waals surface area (Å²) in [6, 6.07) is 23.6. The Hall–Kier alpha value is -3.12. The Morgan fingerprint density at radius 1 is 0.931 bits per heavy atom. The zero-order valence-corrected chi connectivity index (χ0v) is 17.5. The Morgan fingerprint density at radius 3 is 2.31 bits per heavy atom. The van der Waals surface area contributed by atoms with Gasteiger partial charge in [0.2, 0.25) is 0 Å². The molecule has 0 aliphatic heterocycles. The molecule has 148 valence electrons. The molecule has 0 aromatic heterocycles. The van der Waals surface area contributed by atoms with E-state index in [1.54, 1.807) is 36.4 Å². The molecular weight excluding hydrogens is 432 g/mol. The van der Waals surface area contributed by atoms with E-state index >= 15 is 0 Å². The van der Waals surface area contributed by atoms with Gasteiger partial charge in [0.05, 0.1) is 11.6 Å². The van der Waals surface area contributed by atoms with Crippen LogP contribution in [-0.2, 0) is 4.79 Å². The molecule has 29 heavy (non-hydrogen) atoms. The van der Waals surface area contributed by atoms with Gasteiger partial charge in [-0.25, -0.2) is 0 Å². The SMILES string of the molecule is CC(NC(=O)COc1ccccc1C(=O)Nc1ccccc1)c1ccc(Br)cc1. The predicted octanol–water partition coefficient (Wildman–Crippen LogP) is 4.96. The van der Waals surface area contributed by atoms with Gasteiger partial charge in [0.15, 0.2) is 6.61 Å². The van der Waals surface area contributed by atoms with Crippen molar-refractivity contribution in [3.8, 4) is 5.75 Å². The van der Waals surface area contributed by atoms with Crippen LogP contribution < -0.4 is 15.4 Å². The molecule has 3 rings (SSSR count). The maximum Gasteiger partial charge on any atom is 0.259 e. The number of halogens is 1. The highest BCUT2D eigenvalue weighted by Crippen LogP contribution is 2.20. The second kappa shape index (κ2) is 9.89. The van der Waals surface area contributed by atoms with Gasteiger partial charge in [-0.05, 0) is 48.9 Å². The first kappa shape index (κ1) is 20.6. The van der Waals surface area contributed by atoms with Crippen molar-refractivity contribution in [2.45, 2.75) is 13.0 Å². The van der Waals surface area contributed by atoms with Crippen LogP contribution >= 0.6 is 15.9 Å². The maximum atomic E-state index is 12.6. The van der Waals surface area contributed by atoms with Gasteiger partial charge in [-0.15, -0.1) is 0 Å². The topological polar surface area (TPSA) is 67.4 Å². The number of carbonyl (C=O) groups excluding carboxylic acids is 2. The van der Waals surface area contributed by atoms with Gasteiger partial charge >= 0.3 is 0 Å². The molecule has 2 N–H and O–H groups in total. The van der Waals surface area contributed by atoms with Gasteiger partial charge in [0.1, 0.15) is 5.75 Å². The van der Waals surface area contributed by atoms with Crippen LogP contribution in [0.15, 0.2) is 83.3 Å². The molecule has 0 aliphatic carbocycles. The molecule has 3 aromatic carbocycles. The zero-order chi connectivity index (χ0) is 20.6. The fourth-order valence-corrected chi connectivity index (χ4v) is 3.03. The summed E-state index contributed by atoms with van der Waals surface area (Å²) in [5, 5.41) is 5.72. The van der Waals surface area contributed by atoms with E-state index in [-0.39, 0.29) is 24.5 Å². The number of benzene rings is 3. The Labute approximate surface area is 178 Å². The number of carbonyl (C=O) groups is 2. The number of nitrogens with one attached hydrogen (secondary N) is 2. The standard InChI is InChI=1S/C23H21BrN2O3/c1-16(17-11-13-18(24)14-12-17)25-22(27)15-29-21-10-6-5-9-20(21)23(28)26-19-7-3-2-4-8-19/h2-14,16H,15H2,1H3,(H,25,27)(H,26,28). The lowest BCUT2D eigenvalue weighted by Crippen LogP contribution is -2.31. The fraction of sp³-hybridized carbons (Fsp3) is 0.130. The van der Waals surface area contributed by atoms with Crippen LogP contribution in [0, 0.1) is 0 Å². The lowest BCUT2D eigenvalue weighted by atomic mass is 10.1. The molecule has 5 nitrogen and oxygen atoms in total. The quantitative estimate of drug-likeness (QED) is 0.532. The number of ether oxygens (including phenoxy) is 1. The first-order chi connectivity index (χ1) is 14.0. The summed E-state index contributed by atoms with van der Waals surface area (Å²) in [5.74, 6) is -0.207. The number of hydrogen-bond acceptors (Lipinski definition) is 3. The van der Waals surface area contributed by atoms with Crippen LogP contribution in [0.2, 0.25) is 0 Å². The van der Waals surface area contributed by atoms with Gasteiger partial charge in [-0.1, -0.05) is 58.4 Å². The van der Waals surface area contributed by atoms with Crippen LogP contribution in [0.4, 0.5) is 5.69 Å². The van der Waals surface area contributed by atoms with Crippen molar-refractivity contribution in [3.63, 3.8) is 0 Å². The summed E-state index contributed by atoms with van der Waals surface area (Å²) in [6.07, 6.45) is 0. The fourth-order valence-electron chi connectivity index (χ4n) is 2.76. The minimum atomic E-state index is -0.296. The van der Waals surface area contributed by atoms with Crippen molar-refractivity contribution in [2.75, 3.05) is 11.9 Å². The Kier molecular flexibility index (Phi) is 7.03. The number of hydrogen-bond donors (Lipinski definition) is 2. The molecule has 0 bridgehead atoms. The number of anilines is 1. The van der Waals surface area contributed by atoms with Gasteiger partial charge in [-0.2, -0.15) is 0 Å². The van der Waals surface area contributed by atoms with E-state index in [0.717, 1.165) is 10.0 Å². The van der Waals surface area contributed by atoms with E-state index in [1.807, 2.05) is 49.4 Å². The summed E-state index contributed by atoms with van der Waals surface area (Å²) in [6.45, 7) is 1.72. The van der Waals surface area contributed by atoms with E-state index < -0.39 is 0 Å². The summed E-state index contributed by atoms with van der Waals surface area (Å²) in [5.41, 5.74) is 2.04. The highest BCUT2D eigenvalue weighted by atomic mass is 79.9. The minimum Gasteiger partial charge on any atom is -0.483 e. The lowest BCUT2D eigenvalue weighted by Gasteiger charge is -2.16. The Morgan fingerprint density at radius 2 is 1.59 bits per heavy atom.